The summed E-state index contributed by atoms with van der Waals surface area (Å²) in [5, 5.41) is 3.91. The Morgan fingerprint density at radius 1 is 1.30 bits per heavy atom. The van der Waals surface area contributed by atoms with Crippen molar-refractivity contribution in [2.75, 3.05) is 6.61 Å². The lowest BCUT2D eigenvalue weighted by atomic mass is 10.2. The predicted molar refractivity (Wildman–Crippen MR) is 123 cm³/mol. The zero-order valence-corrected chi connectivity index (χ0v) is 19.0. The molecule has 0 atom stereocenters. The molecule has 176 valence electrons. The highest BCUT2D eigenvalue weighted by Gasteiger charge is 2.48. The molecule has 4 rings (SSSR count). The highest BCUT2D eigenvalue weighted by atomic mass is 32.2. The summed E-state index contributed by atoms with van der Waals surface area (Å²) in [6.45, 7) is 0.370. The van der Waals surface area contributed by atoms with E-state index >= 15 is 0 Å². The van der Waals surface area contributed by atoms with Gasteiger partial charge in [0.1, 0.15) is 17.5 Å². The third kappa shape index (κ3) is 5.16. The fraction of sp³-hybridized carbons (Fsp3) is 0.391. The Balaban J connectivity index is 1.55. The van der Waals surface area contributed by atoms with Gasteiger partial charge < -0.3 is 26.1 Å². The summed E-state index contributed by atoms with van der Waals surface area (Å²) in [6, 6.07) is 4.65. The molecule has 0 bridgehead atoms. The number of nitrogens with two attached hydrogens (primary N) is 2. The number of nitrogens with one attached hydrogen (secondary N) is 1. The van der Waals surface area contributed by atoms with E-state index in [4.69, 9.17) is 16.2 Å². The number of rotatable bonds is 8. The van der Waals surface area contributed by atoms with E-state index in [2.05, 4.69) is 5.32 Å². The summed E-state index contributed by atoms with van der Waals surface area (Å²) in [4.78, 5) is 25.5. The first-order valence-electron chi connectivity index (χ1n) is 10.7. The standard InChI is InChI=1S/C23H26F2N4O3S/c1-29-19(20(27)32-12-23(6-7-23)33-15-3-4-15)14(10-26)9-16(22(29)31)21(30)28-11-13-2-5-17(24)18(25)8-13/h2,5,8-10,15H,3-4,6-7,11-12,26-27H2,1H3,(H,28,30)/b14-10-,20-19-. The Kier molecular flexibility index (Phi) is 6.38. The van der Waals surface area contributed by atoms with Gasteiger partial charge in [-0.05, 0) is 49.4 Å². The van der Waals surface area contributed by atoms with E-state index in [0.717, 1.165) is 25.0 Å². The van der Waals surface area contributed by atoms with Crippen LogP contribution in [0.2, 0.25) is 0 Å². The van der Waals surface area contributed by atoms with Crippen LogP contribution < -0.4 is 32.9 Å². The number of aromatic nitrogens is 1. The normalized spacial score (nSPS) is 18.1. The van der Waals surface area contributed by atoms with E-state index in [9.17, 15) is 18.4 Å². The molecular formula is C23H26F2N4O3S. The summed E-state index contributed by atoms with van der Waals surface area (Å²) < 4.78 is 33.6. The number of benzene rings is 1. The van der Waals surface area contributed by atoms with Crippen molar-refractivity contribution in [1.82, 2.24) is 9.88 Å². The number of nitrogens with zero attached hydrogens (tertiary/aromatic N) is 1. The molecule has 2 aliphatic carbocycles. The second-order valence-electron chi connectivity index (χ2n) is 8.48. The number of ether oxygens (including phenoxy) is 1. The average Bonchev–Trinajstić information content (AvgIpc) is 3.73. The van der Waals surface area contributed by atoms with Gasteiger partial charge >= 0.3 is 0 Å². The highest BCUT2D eigenvalue weighted by molar-refractivity contribution is 8.01. The number of carbonyl (C=O) groups excluding carboxylic acids is 1. The maximum Gasteiger partial charge on any atom is 0.263 e. The molecule has 1 aromatic carbocycles. The van der Waals surface area contributed by atoms with Crippen LogP contribution in [0.1, 0.15) is 41.6 Å². The highest BCUT2D eigenvalue weighted by Crippen LogP contribution is 2.55. The molecule has 0 aliphatic heterocycles. The second-order valence-corrected chi connectivity index (χ2v) is 10.2. The third-order valence-corrected chi connectivity index (χ3v) is 7.61. The SMILES string of the molecule is Cn1c(=O)c(C(=O)NCc2ccc(F)c(F)c2)cc(=C/N)/c1=C(\N)OCC1(SC2CC2)CC1. The minimum Gasteiger partial charge on any atom is -0.476 e. The molecule has 2 aliphatic rings. The quantitative estimate of drug-likeness (QED) is 0.519. The molecule has 5 N–H and O–H groups in total. The summed E-state index contributed by atoms with van der Waals surface area (Å²) >= 11 is 1.95. The van der Waals surface area contributed by atoms with E-state index in [1.165, 1.54) is 42.8 Å². The first-order chi connectivity index (χ1) is 15.7. The van der Waals surface area contributed by atoms with Gasteiger partial charge in [-0.25, -0.2) is 8.78 Å². The summed E-state index contributed by atoms with van der Waals surface area (Å²) in [5.41, 5.74) is 11.6. The number of thioether (sulfide) groups is 1. The van der Waals surface area contributed by atoms with Crippen LogP contribution in [-0.2, 0) is 18.3 Å². The van der Waals surface area contributed by atoms with Crippen molar-refractivity contribution in [3.05, 3.63) is 67.9 Å². The summed E-state index contributed by atoms with van der Waals surface area (Å²) in [5.74, 6) is -2.60. The molecular weight excluding hydrogens is 450 g/mol. The number of halogens is 2. The van der Waals surface area contributed by atoms with Crippen molar-refractivity contribution >= 4 is 29.8 Å². The largest absolute Gasteiger partial charge is 0.476 e. The molecule has 2 saturated carbocycles. The van der Waals surface area contributed by atoms with Gasteiger partial charge in [0.25, 0.3) is 11.5 Å². The lowest BCUT2D eigenvalue weighted by molar-refractivity contribution is 0.0948. The van der Waals surface area contributed by atoms with Crippen LogP contribution in [0.15, 0.2) is 29.1 Å². The maximum atomic E-state index is 13.4. The Morgan fingerprint density at radius 3 is 2.64 bits per heavy atom. The van der Waals surface area contributed by atoms with Gasteiger partial charge in [-0.1, -0.05) is 6.07 Å². The van der Waals surface area contributed by atoms with Crippen LogP contribution in [0.3, 0.4) is 0 Å². The Hall–Kier alpha value is -3.01. The lowest BCUT2D eigenvalue weighted by Crippen LogP contribution is -2.48. The molecule has 33 heavy (non-hydrogen) atoms. The first kappa shape index (κ1) is 23.2. The van der Waals surface area contributed by atoms with Crippen LogP contribution in [0, 0.1) is 11.6 Å². The van der Waals surface area contributed by atoms with Gasteiger partial charge in [-0.2, -0.15) is 0 Å². The van der Waals surface area contributed by atoms with E-state index in [1.807, 2.05) is 11.8 Å². The molecule has 0 saturated heterocycles. The fourth-order valence-electron chi connectivity index (χ4n) is 3.54. The Bertz CT molecular complexity index is 1270. The molecule has 1 aromatic heterocycles. The topological polar surface area (TPSA) is 112 Å². The summed E-state index contributed by atoms with van der Waals surface area (Å²) in [7, 11) is 1.48. The van der Waals surface area contributed by atoms with Crippen molar-refractivity contribution < 1.29 is 18.3 Å². The van der Waals surface area contributed by atoms with Crippen molar-refractivity contribution in [1.29, 1.82) is 0 Å². The molecule has 0 spiro atoms. The van der Waals surface area contributed by atoms with Crippen LogP contribution >= 0.6 is 11.8 Å². The molecule has 0 unspecified atom stereocenters. The number of pyridine rings is 1. The van der Waals surface area contributed by atoms with Gasteiger partial charge in [-0.3, -0.25) is 9.59 Å². The van der Waals surface area contributed by atoms with Crippen molar-refractivity contribution in [3.8, 4) is 0 Å². The minimum atomic E-state index is -1.02. The van der Waals surface area contributed by atoms with E-state index in [0.29, 0.717) is 28.0 Å². The van der Waals surface area contributed by atoms with Gasteiger partial charge in [0.05, 0.1) is 4.75 Å². The molecule has 1 amide bonds. The number of hydrogen-bond donors (Lipinski definition) is 3. The molecule has 1 heterocycles. The molecule has 10 heteroatoms. The average molecular weight is 477 g/mol. The van der Waals surface area contributed by atoms with E-state index in [-0.39, 0.29) is 22.7 Å². The van der Waals surface area contributed by atoms with Crippen LogP contribution in [0.4, 0.5) is 8.78 Å². The Morgan fingerprint density at radius 2 is 2.03 bits per heavy atom. The second kappa shape index (κ2) is 9.09. The monoisotopic (exact) mass is 476 g/mol. The molecule has 2 fully saturated rings. The maximum absolute atomic E-state index is 13.4. The Labute approximate surface area is 193 Å². The predicted octanol–water partition coefficient (Wildman–Crippen LogP) is 0.759. The lowest BCUT2D eigenvalue weighted by Gasteiger charge is -2.16. The van der Waals surface area contributed by atoms with Crippen molar-refractivity contribution in [3.63, 3.8) is 0 Å². The van der Waals surface area contributed by atoms with E-state index in [1.54, 1.807) is 0 Å². The summed E-state index contributed by atoms with van der Waals surface area (Å²) in [6.07, 6.45) is 5.89. The first-order valence-corrected chi connectivity index (χ1v) is 11.6. The van der Waals surface area contributed by atoms with Gasteiger partial charge in [0, 0.05) is 30.3 Å². The van der Waals surface area contributed by atoms with Gasteiger partial charge in [-0.15, -0.1) is 11.8 Å². The number of amides is 1. The van der Waals surface area contributed by atoms with Crippen LogP contribution in [0.25, 0.3) is 12.1 Å². The zero-order chi connectivity index (χ0) is 23.8. The third-order valence-electron chi connectivity index (χ3n) is 5.78. The molecule has 2 aromatic rings. The molecule has 7 nitrogen and oxygen atoms in total. The van der Waals surface area contributed by atoms with E-state index < -0.39 is 23.1 Å². The number of carbonyl (C=O) groups is 1. The van der Waals surface area contributed by atoms with Crippen LogP contribution in [0.5, 0.6) is 0 Å². The zero-order valence-electron chi connectivity index (χ0n) is 18.2. The van der Waals surface area contributed by atoms with Gasteiger partial charge in [0.15, 0.2) is 11.6 Å². The number of hydrogen-bond acceptors (Lipinski definition) is 6. The van der Waals surface area contributed by atoms with Gasteiger partial charge in [0.2, 0.25) is 5.88 Å². The minimum absolute atomic E-state index is 0.0720. The smallest absolute Gasteiger partial charge is 0.263 e. The molecule has 0 radical (unpaired) electrons. The van der Waals surface area contributed by atoms with Crippen molar-refractivity contribution in [2.45, 2.75) is 42.2 Å². The van der Waals surface area contributed by atoms with Crippen LogP contribution in [-0.4, -0.2) is 27.1 Å². The van der Waals surface area contributed by atoms with Crippen molar-refractivity contribution in [2.24, 2.45) is 18.5 Å². The fourth-order valence-corrected chi connectivity index (χ4v) is 5.08.